The van der Waals surface area contributed by atoms with E-state index in [-0.39, 0.29) is 12.3 Å². The Kier molecular flexibility index (Phi) is 3.53. The fourth-order valence-corrected chi connectivity index (χ4v) is 3.45. The molecule has 2 aromatic carbocycles. The van der Waals surface area contributed by atoms with Gasteiger partial charge in [-0.2, -0.15) is 5.10 Å². The fourth-order valence-electron chi connectivity index (χ4n) is 3.32. The van der Waals surface area contributed by atoms with Crippen molar-refractivity contribution in [1.29, 1.82) is 0 Å². The van der Waals surface area contributed by atoms with E-state index >= 15 is 0 Å². The van der Waals surface area contributed by atoms with Crippen LogP contribution in [-0.4, -0.2) is 16.9 Å². The SMILES string of the molecule is CC(C)[C@@H]1Oc2ccccc2[C@@H]2CC(c3ccc(Cl)cc3)=NN21. The summed E-state index contributed by atoms with van der Waals surface area (Å²) < 4.78 is 6.21. The van der Waals surface area contributed by atoms with Gasteiger partial charge in [0.1, 0.15) is 5.75 Å². The molecule has 0 bridgehead atoms. The number of benzene rings is 2. The second kappa shape index (κ2) is 5.57. The number of nitrogens with zero attached hydrogens (tertiary/aromatic N) is 2. The zero-order valence-corrected chi connectivity index (χ0v) is 14.0. The molecule has 4 rings (SSSR count). The van der Waals surface area contributed by atoms with Gasteiger partial charge in [0.15, 0.2) is 6.23 Å². The van der Waals surface area contributed by atoms with Gasteiger partial charge in [-0.05, 0) is 23.8 Å². The molecule has 2 aliphatic rings. The lowest BCUT2D eigenvalue weighted by Crippen LogP contribution is -2.43. The molecule has 23 heavy (non-hydrogen) atoms. The first kappa shape index (κ1) is 14.6. The van der Waals surface area contributed by atoms with E-state index < -0.39 is 0 Å². The summed E-state index contributed by atoms with van der Waals surface area (Å²) in [6.45, 7) is 4.34. The second-order valence-corrected chi connectivity index (χ2v) is 6.88. The molecule has 2 aliphatic heterocycles. The van der Waals surface area contributed by atoms with Gasteiger partial charge in [0.05, 0.1) is 11.8 Å². The molecule has 118 valence electrons. The van der Waals surface area contributed by atoms with Crippen LogP contribution >= 0.6 is 11.6 Å². The van der Waals surface area contributed by atoms with E-state index in [1.807, 2.05) is 30.3 Å². The monoisotopic (exact) mass is 326 g/mol. The number of ether oxygens (including phenoxy) is 1. The highest BCUT2D eigenvalue weighted by atomic mass is 35.5. The molecule has 0 fully saturated rings. The lowest BCUT2D eigenvalue weighted by atomic mass is 9.95. The maximum absolute atomic E-state index is 6.21. The summed E-state index contributed by atoms with van der Waals surface area (Å²) >= 11 is 6.00. The number of hydrazone groups is 1. The first-order valence-corrected chi connectivity index (χ1v) is 8.38. The molecule has 3 nitrogen and oxygen atoms in total. The Labute approximate surface area is 141 Å². The van der Waals surface area contributed by atoms with Crippen molar-refractivity contribution in [2.45, 2.75) is 32.5 Å². The average Bonchev–Trinajstić information content (AvgIpc) is 3.00. The largest absolute Gasteiger partial charge is 0.468 e. The molecule has 0 aliphatic carbocycles. The van der Waals surface area contributed by atoms with E-state index in [4.69, 9.17) is 21.4 Å². The van der Waals surface area contributed by atoms with Gasteiger partial charge >= 0.3 is 0 Å². The molecule has 0 aromatic heterocycles. The van der Waals surface area contributed by atoms with Crippen molar-refractivity contribution in [3.8, 4) is 5.75 Å². The van der Waals surface area contributed by atoms with Crippen LogP contribution in [-0.2, 0) is 0 Å². The Morgan fingerprint density at radius 1 is 1.13 bits per heavy atom. The molecule has 0 radical (unpaired) electrons. The van der Waals surface area contributed by atoms with Gasteiger partial charge in [-0.15, -0.1) is 0 Å². The molecule has 0 spiro atoms. The van der Waals surface area contributed by atoms with Crippen molar-refractivity contribution in [2.75, 3.05) is 0 Å². The lowest BCUT2D eigenvalue weighted by Gasteiger charge is -2.39. The molecule has 0 saturated carbocycles. The maximum atomic E-state index is 6.21. The molecule has 0 unspecified atom stereocenters. The summed E-state index contributed by atoms with van der Waals surface area (Å²) in [4.78, 5) is 0. The summed E-state index contributed by atoms with van der Waals surface area (Å²) in [5, 5.41) is 7.78. The summed E-state index contributed by atoms with van der Waals surface area (Å²) in [5.74, 6) is 1.35. The normalized spacial score (nSPS) is 22.4. The number of hydrogen-bond donors (Lipinski definition) is 0. The number of para-hydroxylation sites is 1. The first-order chi connectivity index (χ1) is 11.1. The van der Waals surface area contributed by atoms with Crippen LogP contribution in [0, 0.1) is 5.92 Å². The minimum atomic E-state index is -0.0281. The predicted molar refractivity (Wildman–Crippen MR) is 92.9 cm³/mol. The van der Waals surface area contributed by atoms with Crippen LogP contribution in [0.2, 0.25) is 5.02 Å². The van der Waals surface area contributed by atoms with Gasteiger partial charge in [0.25, 0.3) is 0 Å². The molecule has 2 heterocycles. The van der Waals surface area contributed by atoms with Gasteiger partial charge in [-0.25, -0.2) is 5.01 Å². The van der Waals surface area contributed by atoms with Crippen molar-refractivity contribution in [3.05, 3.63) is 64.7 Å². The quantitative estimate of drug-likeness (QED) is 0.786. The Bertz CT molecular complexity index is 754. The molecule has 0 N–H and O–H groups in total. The van der Waals surface area contributed by atoms with Crippen molar-refractivity contribution in [3.63, 3.8) is 0 Å². The minimum absolute atomic E-state index is 0.0281. The maximum Gasteiger partial charge on any atom is 0.190 e. The first-order valence-electron chi connectivity index (χ1n) is 8.01. The second-order valence-electron chi connectivity index (χ2n) is 6.44. The molecule has 0 amide bonds. The zero-order valence-electron chi connectivity index (χ0n) is 13.2. The van der Waals surface area contributed by atoms with Crippen molar-refractivity contribution in [2.24, 2.45) is 11.0 Å². The van der Waals surface area contributed by atoms with Crippen LogP contribution in [0.5, 0.6) is 5.75 Å². The topological polar surface area (TPSA) is 24.8 Å². The summed E-state index contributed by atoms with van der Waals surface area (Å²) in [5.41, 5.74) is 3.44. The zero-order chi connectivity index (χ0) is 16.0. The van der Waals surface area contributed by atoms with Crippen LogP contribution < -0.4 is 4.74 Å². The molecular formula is C19H19ClN2O. The number of rotatable bonds is 2. The highest BCUT2D eigenvalue weighted by molar-refractivity contribution is 6.30. The van der Waals surface area contributed by atoms with Crippen LogP contribution in [0.3, 0.4) is 0 Å². The van der Waals surface area contributed by atoms with Gasteiger partial charge < -0.3 is 4.74 Å². The van der Waals surface area contributed by atoms with E-state index in [2.05, 4.69) is 37.1 Å². The van der Waals surface area contributed by atoms with Gasteiger partial charge in [-0.1, -0.05) is 55.8 Å². The molecule has 4 heteroatoms. The highest BCUT2D eigenvalue weighted by Crippen LogP contribution is 2.44. The van der Waals surface area contributed by atoms with Crippen LogP contribution in [0.25, 0.3) is 0 Å². The van der Waals surface area contributed by atoms with Crippen molar-refractivity contribution >= 4 is 17.3 Å². The van der Waals surface area contributed by atoms with Gasteiger partial charge in [0.2, 0.25) is 0 Å². The highest BCUT2D eigenvalue weighted by Gasteiger charge is 2.41. The molecular weight excluding hydrogens is 308 g/mol. The Morgan fingerprint density at radius 3 is 2.61 bits per heavy atom. The number of hydrogen-bond acceptors (Lipinski definition) is 3. The molecule has 2 atom stereocenters. The Morgan fingerprint density at radius 2 is 1.87 bits per heavy atom. The van der Waals surface area contributed by atoms with E-state index in [1.165, 1.54) is 5.56 Å². The molecule has 0 saturated heterocycles. The van der Waals surface area contributed by atoms with Crippen molar-refractivity contribution < 1.29 is 4.74 Å². The smallest absolute Gasteiger partial charge is 0.190 e. The third kappa shape index (κ3) is 2.49. The van der Waals surface area contributed by atoms with E-state index in [9.17, 15) is 0 Å². The Balaban J connectivity index is 1.74. The third-order valence-electron chi connectivity index (χ3n) is 4.48. The third-order valence-corrected chi connectivity index (χ3v) is 4.73. The van der Waals surface area contributed by atoms with Crippen LogP contribution in [0.1, 0.15) is 37.4 Å². The van der Waals surface area contributed by atoms with Gasteiger partial charge in [-0.3, -0.25) is 0 Å². The summed E-state index contributed by atoms with van der Waals surface area (Å²) in [6, 6.07) is 16.5. The Hall–Kier alpha value is -2.00. The minimum Gasteiger partial charge on any atom is -0.468 e. The summed E-state index contributed by atoms with van der Waals surface area (Å²) in [6.07, 6.45) is 0.866. The van der Waals surface area contributed by atoms with Crippen molar-refractivity contribution in [1.82, 2.24) is 5.01 Å². The van der Waals surface area contributed by atoms with Crippen LogP contribution in [0.15, 0.2) is 53.6 Å². The fraction of sp³-hybridized carbons (Fsp3) is 0.316. The standard InChI is InChI=1S/C19H19ClN2O/c1-12(2)19-22-17(15-5-3-4-6-18(15)23-19)11-16(21-22)13-7-9-14(20)10-8-13/h3-10,12,17,19H,11H2,1-2H3/t17-,19-/m0/s1. The summed E-state index contributed by atoms with van der Waals surface area (Å²) in [7, 11) is 0. The molecule has 2 aromatic rings. The van der Waals surface area contributed by atoms with E-state index in [0.717, 1.165) is 28.5 Å². The van der Waals surface area contributed by atoms with Gasteiger partial charge in [0, 0.05) is 22.9 Å². The lowest BCUT2D eigenvalue weighted by molar-refractivity contribution is -0.0461. The van der Waals surface area contributed by atoms with E-state index in [1.54, 1.807) is 0 Å². The number of halogens is 1. The number of fused-ring (bicyclic) bond motifs is 3. The van der Waals surface area contributed by atoms with Crippen LogP contribution in [0.4, 0.5) is 0 Å². The van der Waals surface area contributed by atoms with E-state index in [0.29, 0.717) is 5.92 Å². The average molecular weight is 327 g/mol. The predicted octanol–water partition coefficient (Wildman–Crippen LogP) is 4.87.